The lowest BCUT2D eigenvalue weighted by atomic mass is 10.0. The maximum absolute atomic E-state index is 11.9. The third-order valence-electron chi connectivity index (χ3n) is 3.62. The molecule has 114 valence electrons. The van der Waals surface area contributed by atoms with Gasteiger partial charge in [0.1, 0.15) is 0 Å². The van der Waals surface area contributed by atoms with Crippen molar-refractivity contribution in [3.63, 3.8) is 0 Å². The number of nitrogens with zero attached hydrogens (tertiary/aromatic N) is 1. The van der Waals surface area contributed by atoms with E-state index in [1.54, 1.807) is 24.3 Å². The Kier molecular flexibility index (Phi) is 5.07. The minimum atomic E-state index is -1.22. The fourth-order valence-electron chi connectivity index (χ4n) is 2.02. The zero-order valence-corrected chi connectivity index (χ0v) is 13.0. The van der Waals surface area contributed by atoms with Crippen molar-refractivity contribution in [1.29, 1.82) is 0 Å². The molecule has 1 atom stereocenters. The van der Waals surface area contributed by atoms with E-state index < -0.39 is 12.0 Å². The molecule has 0 aromatic heterocycles. The molecule has 0 spiro atoms. The number of hydrogen-bond donors (Lipinski definition) is 2. The zero-order valence-electron chi connectivity index (χ0n) is 13.0. The maximum atomic E-state index is 11.9. The minimum absolute atomic E-state index is 0.541. The molecule has 0 fully saturated rings. The van der Waals surface area contributed by atoms with Gasteiger partial charge in [-0.2, -0.15) is 5.10 Å². The van der Waals surface area contributed by atoms with Gasteiger partial charge in [0.2, 0.25) is 0 Å². The van der Waals surface area contributed by atoms with Gasteiger partial charge >= 0.3 is 0 Å². The highest BCUT2D eigenvalue weighted by molar-refractivity contribution is 5.99. The molecule has 0 aliphatic rings. The van der Waals surface area contributed by atoms with Crippen molar-refractivity contribution in [2.24, 2.45) is 5.10 Å². The summed E-state index contributed by atoms with van der Waals surface area (Å²) < 4.78 is 0. The largest absolute Gasteiger partial charge is 0.378 e. The number of nitrogens with one attached hydrogen (secondary N) is 1. The van der Waals surface area contributed by atoms with Gasteiger partial charge in [-0.1, -0.05) is 42.5 Å². The van der Waals surface area contributed by atoms with Gasteiger partial charge < -0.3 is 5.11 Å². The predicted octanol–water partition coefficient (Wildman–Crippen LogP) is 2.88. The summed E-state index contributed by atoms with van der Waals surface area (Å²) in [4.78, 5) is 11.9. The number of carbonyl (C=O) groups is 1. The van der Waals surface area contributed by atoms with Crippen LogP contribution in [0.1, 0.15) is 35.3 Å². The van der Waals surface area contributed by atoms with Crippen LogP contribution in [-0.4, -0.2) is 16.7 Å². The molecular formula is C18H20N2O2. The van der Waals surface area contributed by atoms with Crippen LogP contribution in [0.25, 0.3) is 0 Å². The standard InChI is InChI=1S/C18H20N2O2/c1-12-9-10-16(11-13(12)2)14(3)19-20-18(22)17(21)15-7-5-4-6-8-15/h4-11,17,21H,1-3H3,(H,20,22). The molecular weight excluding hydrogens is 276 g/mol. The Labute approximate surface area is 130 Å². The van der Waals surface area contributed by atoms with Gasteiger partial charge in [0, 0.05) is 0 Å². The Bertz CT molecular complexity index is 693. The fourth-order valence-corrected chi connectivity index (χ4v) is 2.02. The molecule has 1 unspecified atom stereocenters. The molecule has 4 heteroatoms. The number of amides is 1. The highest BCUT2D eigenvalue weighted by atomic mass is 16.3. The van der Waals surface area contributed by atoms with Crippen molar-refractivity contribution in [3.8, 4) is 0 Å². The Hall–Kier alpha value is -2.46. The molecule has 0 aliphatic carbocycles. The molecule has 0 heterocycles. The molecule has 2 N–H and O–H groups in total. The van der Waals surface area contributed by atoms with Crippen LogP contribution >= 0.6 is 0 Å². The summed E-state index contributed by atoms with van der Waals surface area (Å²) in [5, 5.41) is 14.0. The summed E-state index contributed by atoms with van der Waals surface area (Å²) in [5.41, 5.74) is 6.96. The van der Waals surface area contributed by atoms with Crippen LogP contribution < -0.4 is 5.43 Å². The lowest BCUT2D eigenvalue weighted by Crippen LogP contribution is -2.26. The van der Waals surface area contributed by atoms with Crippen LogP contribution in [0.2, 0.25) is 0 Å². The topological polar surface area (TPSA) is 61.7 Å². The molecule has 0 aliphatic heterocycles. The van der Waals surface area contributed by atoms with Gasteiger partial charge in [-0.15, -0.1) is 0 Å². The van der Waals surface area contributed by atoms with Crippen LogP contribution in [0.4, 0.5) is 0 Å². The number of aliphatic hydroxyl groups is 1. The maximum Gasteiger partial charge on any atom is 0.273 e. The van der Waals surface area contributed by atoms with E-state index in [1.165, 1.54) is 11.1 Å². The second-order valence-corrected chi connectivity index (χ2v) is 5.29. The van der Waals surface area contributed by atoms with Crippen molar-refractivity contribution in [3.05, 3.63) is 70.8 Å². The first-order valence-electron chi connectivity index (χ1n) is 7.14. The van der Waals surface area contributed by atoms with E-state index in [-0.39, 0.29) is 0 Å². The third-order valence-corrected chi connectivity index (χ3v) is 3.62. The second kappa shape index (κ2) is 7.00. The van der Waals surface area contributed by atoms with Gasteiger partial charge in [0.25, 0.3) is 5.91 Å². The minimum Gasteiger partial charge on any atom is -0.378 e. The van der Waals surface area contributed by atoms with Crippen molar-refractivity contribution < 1.29 is 9.90 Å². The number of hydrogen-bond acceptors (Lipinski definition) is 3. The molecule has 0 bridgehead atoms. The lowest BCUT2D eigenvalue weighted by molar-refractivity contribution is -0.129. The van der Waals surface area contributed by atoms with Crippen LogP contribution in [0, 0.1) is 13.8 Å². The van der Waals surface area contributed by atoms with E-state index in [1.807, 2.05) is 45.0 Å². The molecule has 4 nitrogen and oxygen atoms in total. The number of aryl methyl sites for hydroxylation is 2. The number of carbonyl (C=O) groups excluding carboxylic acids is 1. The molecule has 0 saturated heterocycles. The first-order valence-corrected chi connectivity index (χ1v) is 7.14. The summed E-state index contributed by atoms with van der Waals surface area (Å²) in [6, 6.07) is 14.8. The van der Waals surface area contributed by atoms with Crippen molar-refractivity contribution in [2.75, 3.05) is 0 Å². The van der Waals surface area contributed by atoms with Gasteiger partial charge in [-0.3, -0.25) is 4.79 Å². The van der Waals surface area contributed by atoms with Crippen LogP contribution in [0.5, 0.6) is 0 Å². The van der Waals surface area contributed by atoms with E-state index in [4.69, 9.17) is 0 Å². The molecule has 2 aromatic rings. The highest BCUT2D eigenvalue weighted by Crippen LogP contribution is 2.13. The van der Waals surface area contributed by atoms with E-state index in [9.17, 15) is 9.90 Å². The molecule has 1 amide bonds. The summed E-state index contributed by atoms with van der Waals surface area (Å²) in [6.45, 7) is 5.90. The van der Waals surface area contributed by atoms with Crippen LogP contribution in [-0.2, 0) is 4.79 Å². The SMILES string of the molecule is CC(=NNC(=O)C(O)c1ccccc1)c1ccc(C)c(C)c1. The molecule has 0 radical (unpaired) electrons. The molecule has 22 heavy (non-hydrogen) atoms. The smallest absolute Gasteiger partial charge is 0.273 e. The Morgan fingerprint density at radius 1 is 1.09 bits per heavy atom. The molecule has 2 aromatic carbocycles. The third kappa shape index (κ3) is 3.80. The Morgan fingerprint density at radius 3 is 2.41 bits per heavy atom. The van der Waals surface area contributed by atoms with E-state index >= 15 is 0 Å². The van der Waals surface area contributed by atoms with Gasteiger partial charge in [-0.25, -0.2) is 5.43 Å². The average Bonchev–Trinajstić information content (AvgIpc) is 2.54. The summed E-state index contributed by atoms with van der Waals surface area (Å²) in [6.07, 6.45) is -1.22. The van der Waals surface area contributed by atoms with E-state index in [0.29, 0.717) is 11.3 Å². The first-order chi connectivity index (χ1) is 10.5. The Balaban J connectivity index is 2.07. The summed E-state index contributed by atoms with van der Waals surface area (Å²) >= 11 is 0. The van der Waals surface area contributed by atoms with Crippen molar-refractivity contribution in [2.45, 2.75) is 26.9 Å². The Morgan fingerprint density at radius 2 is 1.77 bits per heavy atom. The summed E-state index contributed by atoms with van der Waals surface area (Å²) in [5.74, 6) is -0.547. The number of aliphatic hydroxyl groups excluding tert-OH is 1. The highest BCUT2D eigenvalue weighted by Gasteiger charge is 2.16. The normalized spacial score (nSPS) is 12.8. The molecule has 0 saturated carbocycles. The lowest BCUT2D eigenvalue weighted by Gasteiger charge is -2.10. The van der Waals surface area contributed by atoms with E-state index in [0.717, 1.165) is 5.56 Å². The average molecular weight is 296 g/mol. The van der Waals surface area contributed by atoms with Gasteiger partial charge in [0.05, 0.1) is 5.71 Å². The van der Waals surface area contributed by atoms with E-state index in [2.05, 4.69) is 10.5 Å². The fraction of sp³-hybridized carbons (Fsp3) is 0.222. The zero-order chi connectivity index (χ0) is 16.1. The van der Waals surface area contributed by atoms with Crippen LogP contribution in [0.3, 0.4) is 0 Å². The first kappa shape index (κ1) is 15.9. The summed E-state index contributed by atoms with van der Waals surface area (Å²) in [7, 11) is 0. The quantitative estimate of drug-likeness (QED) is 0.673. The van der Waals surface area contributed by atoms with Gasteiger partial charge in [0.15, 0.2) is 6.10 Å². The monoisotopic (exact) mass is 296 g/mol. The van der Waals surface area contributed by atoms with Crippen molar-refractivity contribution >= 4 is 11.6 Å². The number of rotatable bonds is 4. The number of hydrazone groups is 1. The number of benzene rings is 2. The second-order valence-electron chi connectivity index (χ2n) is 5.29. The van der Waals surface area contributed by atoms with Gasteiger partial charge in [-0.05, 0) is 49.1 Å². The van der Waals surface area contributed by atoms with Crippen LogP contribution in [0.15, 0.2) is 53.6 Å². The van der Waals surface area contributed by atoms with Crippen molar-refractivity contribution in [1.82, 2.24) is 5.43 Å². The molecule has 2 rings (SSSR count). The predicted molar refractivity (Wildman–Crippen MR) is 87.7 cm³/mol.